The van der Waals surface area contributed by atoms with Crippen molar-refractivity contribution in [2.24, 2.45) is 0 Å². The van der Waals surface area contributed by atoms with Crippen molar-refractivity contribution in [2.75, 3.05) is 5.73 Å². The van der Waals surface area contributed by atoms with Gasteiger partial charge in [-0.25, -0.2) is 19.9 Å². The summed E-state index contributed by atoms with van der Waals surface area (Å²) in [6, 6.07) is 5.33. The molecule has 0 aromatic carbocycles. The zero-order valence-electron chi connectivity index (χ0n) is 12.6. The Morgan fingerprint density at radius 1 is 1.16 bits per heavy atom. The van der Waals surface area contributed by atoms with Gasteiger partial charge in [-0.2, -0.15) is 20.3 Å². The third-order valence-corrected chi connectivity index (χ3v) is 3.43. The van der Waals surface area contributed by atoms with Gasteiger partial charge < -0.3 is 10.9 Å². The van der Waals surface area contributed by atoms with Crippen molar-refractivity contribution in [2.45, 2.75) is 6.54 Å². The van der Waals surface area contributed by atoms with E-state index in [1.165, 1.54) is 23.4 Å². The van der Waals surface area contributed by atoms with E-state index >= 15 is 0 Å². The van der Waals surface area contributed by atoms with E-state index in [2.05, 4.69) is 30.1 Å². The average molecular weight is 334 g/mol. The fraction of sp³-hybridized carbons (Fsp3) is 0.0714. The molecule has 0 saturated heterocycles. The Labute approximate surface area is 140 Å². The SMILES string of the molecule is N#CCn1ncc(-c2ccc3nc(-c4nccnc4N)n(O)c3n2)n1. The average Bonchev–Trinajstić information content (AvgIpc) is 3.21. The number of anilines is 1. The molecule has 4 aromatic heterocycles. The number of nitrogen functional groups attached to an aromatic ring is 1. The van der Waals surface area contributed by atoms with Crippen LogP contribution in [0, 0.1) is 11.3 Å². The quantitative estimate of drug-likeness (QED) is 0.508. The summed E-state index contributed by atoms with van der Waals surface area (Å²) in [5.41, 5.74) is 7.66. The maximum atomic E-state index is 10.4. The van der Waals surface area contributed by atoms with Crippen LogP contribution >= 0.6 is 0 Å². The maximum Gasteiger partial charge on any atom is 0.200 e. The molecule has 0 aliphatic heterocycles. The summed E-state index contributed by atoms with van der Waals surface area (Å²) in [7, 11) is 0. The number of imidazole rings is 1. The Morgan fingerprint density at radius 3 is 2.80 bits per heavy atom. The van der Waals surface area contributed by atoms with Gasteiger partial charge in [-0.1, -0.05) is 0 Å². The molecule has 0 fully saturated rings. The van der Waals surface area contributed by atoms with Crippen LogP contribution in [0.15, 0.2) is 30.7 Å². The Kier molecular flexibility index (Phi) is 3.21. The number of pyridine rings is 1. The zero-order chi connectivity index (χ0) is 17.4. The highest BCUT2D eigenvalue weighted by Crippen LogP contribution is 2.25. The second-order valence-electron chi connectivity index (χ2n) is 4.99. The summed E-state index contributed by atoms with van der Waals surface area (Å²) in [4.78, 5) is 17.9. The molecule has 122 valence electrons. The summed E-state index contributed by atoms with van der Waals surface area (Å²) in [5, 5.41) is 27.2. The molecule has 25 heavy (non-hydrogen) atoms. The molecule has 4 aromatic rings. The van der Waals surface area contributed by atoms with E-state index in [0.29, 0.717) is 16.9 Å². The summed E-state index contributed by atoms with van der Waals surface area (Å²) < 4.78 is 0.804. The van der Waals surface area contributed by atoms with Crippen molar-refractivity contribution in [3.63, 3.8) is 0 Å². The van der Waals surface area contributed by atoms with Crippen molar-refractivity contribution in [3.05, 3.63) is 30.7 Å². The van der Waals surface area contributed by atoms with Crippen molar-refractivity contribution in [1.29, 1.82) is 5.26 Å². The third kappa shape index (κ3) is 2.38. The van der Waals surface area contributed by atoms with Crippen LogP contribution in [0.2, 0.25) is 0 Å². The lowest BCUT2D eigenvalue weighted by molar-refractivity contribution is 0.201. The van der Waals surface area contributed by atoms with Gasteiger partial charge in [0, 0.05) is 12.4 Å². The number of nitriles is 1. The van der Waals surface area contributed by atoms with Crippen LogP contribution in [0.3, 0.4) is 0 Å². The molecule has 11 nitrogen and oxygen atoms in total. The first kappa shape index (κ1) is 14.5. The molecule has 0 amide bonds. The highest BCUT2D eigenvalue weighted by atomic mass is 16.5. The minimum Gasteiger partial charge on any atom is -0.425 e. The number of rotatable bonds is 3. The first-order chi connectivity index (χ1) is 12.2. The summed E-state index contributed by atoms with van der Waals surface area (Å²) in [6.45, 7) is 0.0380. The van der Waals surface area contributed by atoms with Crippen LogP contribution in [0.25, 0.3) is 34.1 Å². The number of nitrogens with zero attached hydrogens (tertiary/aromatic N) is 9. The normalized spacial score (nSPS) is 10.8. The van der Waals surface area contributed by atoms with E-state index in [4.69, 9.17) is 11.0 Å². The second kappa shape index (κ2) is 5.53. The zero-order valence-corrected chi connectivity index (χ0v) is 12.6. The van der Waals surface area contributed by atoms with Gasteiger partial charge >= 0.3 is 0 Å². The highest BCUT2D eigenvalue weighted by Gasteiger charge is 2.18. The van der Waals surface area contributed by atoms with Gasteiger partial charge in [0.25, 0.3) is 0 Å². The lowest BCUT2D eigenvalue weighted by Gasteiger charge is -2.02. The Morgan fingerprint density at radius 2 is 2.00 bits per heavy atom. The van der Waals surface area contributed by atoms with Crippen LogP contribution in [-0.4, -0.2) is 44.9 Å². The van der Waals surface area contributed by atoms with Gasteiger partial charge in [0.1, 0.15) is 17.8 Å². The molecule has 11 heteroatoms. The topological polar surface area (TPSA) is 157 Å². The van der Waals surface area contributed by atoms with Crippen LogP contribution in [0.5, 0.6) is 0 Å². The number of fused-ring (bicyclic) bond motifs is 1. The van der Waals surface area contributed by atoms with Gasteiger partial charge in [0.2, 0.25) is 5.82 Å². The van der Waals surface area contributed by atoms with Crippen LogP contribution in [-0.2, 0) is 6.54 Å². The predicted octanol–water partition coefficient (Wildman–Crippen LogP) is 0.490. The molecule has 0 spiro atoms. The third-order valence-electron chi connectivity index (χ3n) is 3.43. The number of aromatic nitrogens is 8. The molecule has 0 aliphatic rings. The fourth-order valence-corrected chi connectivity index (χ4v) is 2.32. The van der Waals surface area contributed by atoms with Gasteiger partial charge in [-0.15, -0.1) is 4.73 Å². The molecule has 4 heterocycles. The molecular formula is C14H10N10O. The summed E-state index contributed by atoms with van der Waals surface area (Å²) >= 11 is 0. The van der Waals surface area contributed by atoms with E-state index in [1.54, 1.807) is 12.1 Å². The predicted molar refractivity (Wildman–Crippen MR) is 84.8 cm³/mol. The van der Waals surface area contributed by atoms with Crippen LogP contribution < -0.4 is 5.73 Å². The molecule has 0 bridgehead atoms. The standard InChI is InChI=1S/C14H10N10O/c15-3-6-23-19-7-10(22-23)8-1-2-9-13(20-8)24(25)14(21-9)11-12(16)18-5-4-17-11/h1-2,4-5,7,25H,6H2,(H2,16,18). The molecule has 0 saturated carbocycles. The lowest BCUT2D eigenvalue weighted by atomic mass is 10.3. The van der Waals surface area contributed by atoms with Crippen molar-refractivity contribution < 1.29 is 5.21 Å². The van der Waals surface area contributed by atoms with Gasteiger partial charge in [-0.05, 0) is 12.1 Å². The highest BCUT2D eigenvalue weighted by molar-refractivity contribution is 5.80. The molecular weight excluding hydrogens is 324 g/mol. The van der Waals surface area contributed by atoms with Gasteiger partial charge in [0.15, 0.2) is 17.2 Å². The molecule has 4 rings (SSSR count). The van der Waals surface area contributed by atoms with E-state index < -0.39 is 0 Å². The molecule has 0 unspecified atom stereocenters. The molecule has 0 radical (unpaired) electrons. The molecule has 3 N–H and O–H groups in total. The Bertz CT molecular complexity index is 1120. The van der Waals surface area contributed by atoms with Gasteiger partial charge in [-0.3, -0.25) is 0 Å². The molecule has 0 atom stereocenters. The first-order valence-electron chi connectivity index (χ1n) is 7.10. The largest absolute Gasteiger partial charge is 0.425 e. The first-order valence-corrected chi connectivity index (χ1v) is 7.10. The lowest BCUT2D eigenvalue weighted by Crippen LogP contribution is -2.02. The monoisotopic (exact) mass is 334 g/mol. The van der Waals surface area contributed by atoms with Crippen molar-refractivity contribution >= 4 is 17.0 Å². The molecule has 0 aliphatic carbocycles. The van der Waals surface area contributed by atoms with E-state index in [1.807, 2.05) is 6.07 Å². The van der Waals surface area contributed by atoms with Crippen LogP contribution in [0.1, 0.15) is 0 Å². The van der Waals surface area contributed by atoms with Gasteiger partial charge in [0.05, 0.1) is 18.0 Å². The Balaban J connectivity index is 1.82. The van der Waals surface area contributed by atoms with E-state index in [-0.39, 0.29) is 29.5 Å². The summed E-state index contributed by atoms with van der Waals surface area (Å²) in [6.07, 6.45) is 4.40. The van der Waals surface area contributed by atoms with E-state index in [0.717, 1.165) is 4.73 Å². The number of hydrogen-bond acceptors (Lipinski definition) is 9. The number of hydrogen-bond donors (Lipinski definition) is 2. The second-order valence-corrected chi connectivity index (χ2v) is 4.99. The summed E-state index contributed by atoms with van der Waals surface area (Å²) in [5.74, 6) is 0.283. The minimum atomic E-state index is 0.0380. The smallest absolute Gasteiger partial charge is 0.200 e. The van der Waals surface area contributed by atoms with Crippen LogP contribution in [0.4, 0.5) is 5.82 Å². The fourth-order valence-electron chi connectivity index (χ4n) is 2.32. The Hall–Kier alpha value is -4.07. The van der Waals surface area contributed by atoms with E-state index in [9.17, 15) is 5.21 Å². The maximum absolute atomic E-state index is 10.4. The van der Waals surface area contributed by atoms with Crippen molar-refractivity contribution in [1.82, 2.24) is 39.7 Å². The van der Waals surface area contributed by atoms with Crippen molar-refractivity contribution in [3.8, 4) is 29.0 Å². The number of nitrogens with two attached hydrogens (primary N) is 1. The minimum absolute atomic E-state index is 0.0380.